The molecular weight excluding hydrogens is 279 g/mol. The fourth-order valence-corrected chi connectivity index (χ4v) is 2.46. The Kier molecular flexibility index (Phi) is 6.13. The average molecular weight is 303 g/mol. The van der Waals surface area contributed by atoms with E-state index in [4.69, 9.17) is 0 Å². The van der Waals surface area contributed by atoms with Crippen molar-refractivity contribution in [2.24, 2.45) is 5.92 Å². The number of alkyl halides is 3. The largest absolute Gasteiger partial charge is 0.396 e. The highest BCUT2D eigenvalue weighted by molar-refractivity contribution is 5.28. The lowest BCUT2D eigenvalue weighted by molar-refractivity contribution is -0.128. The highest BCUT2D eigenvalue weighted by Crippen LogP contribution is 2.24. The maximum Gasteiger partial charge on any atom is 0.396 e. The third-order valence-electron chi connectivity index (χ3n) is 3.23. The van der Waals surface area contributed by atoms with E-state index < -0.39 is 12.6 Å². The molecule has 0 spiro atoms. The fraction of sp³-hybridized carbons (Fsp3) is 0.733. The van der Waals surface area contributed by atoms with E-state index in [0.717, 1.165) is 18.7 Å². The van der Waals surface area contributed by atoms with Gasteiger partial charge in [-0.3, -0.25) is 0 Å². The van der Waals surface area contributed by atoms with E-state index in [1.54, 1.807) is 13.8 Å². The second-order valence-electron chi connectivity index (χ2n) is 5.97. The van der Waals surface area contributed by atoms with E-state index >= 15 is 0 Å². The molecule has 0 bridgehead atoms. The van der Waals surface area contributed by atoms with Crippen LogP contribution in [0.3, 0.4) is 0 Å². The maximum absolute atomic E-state index is 12.4. The lowest BCUT2D eigenvalue weighted by atomic mass is 9.97. The van der Waals surface area contributed by atoms with Gasteiger partial charge < -0.3 is 5.32 Å². The van der Waals surface area contributed by atoms with Crippen LogP contribution in [0.5, 0.6) is 0 Å². The lowest BCUT2D eigenvalue weighted by Crippen LogP contribution is -2.25. The van der Waals surface area contributed by atoms with Crippen molar-refractivity contribution in [2.45, 2.75) is 53.1 Å². The quantitative estimate of drug-likeness (QED) is 0.873. The second-order valence-corrected chi connectivity index (χ2v) is 5.97. The number of hydrogen-bond donors (Lipinski definition) is 1. The number of aryl methyl sites for hydroxylation is 2. The molecule has 0 radical (unpaired) electrons. The minimum Gasteiger partial charge on any atom is -0.316 e. The van der Waals surface area contributed by atoms with Gasteiger partial charge in [-0.2, -0.15) is 13.2 Å². The molecule has 0 saturated carbocycles. The first-order valence-corrected chi connectivity index (χ1v) is 7.21. The molecule has 0 fully saturated rings. The number of rotatable bonds is 6. The molecule has 21 heavy (non-hydrogen) atoms. The fourth-order valence-electron chi connectivity index (χ4n) is 2.46. The first kappa shape index (κ1) is 17.9. The Hall–Kier alpha value is -1.17. The zero-order valence-electron chi connectivity index (χ0n) is 13.3. The predicted octanol–water partition coefficient (Wildman–Crippen LogP) is 3.55. The SMILES string of the molecule is Cc1nc(CC(F)(F)F)nc(C)c1C(C)CNCC(C)C. The Morgan fingerprint density at radius 2 is 1.52 bits per heavy atom. The van der Waals surface area contributed by atoms with Crippen LogP contribution in [-0.4, -0.2) is 29.2 Å². The van der Waals surface area contributed by atoms with Gasteiger partial charge in [0.1, 0.15) is 12.2 Å². The van der Waals surface area contributed by atoms with Gasteiger partial charge in [0.25, 0.3) is 0 Å². The molecular formula is C15H24F3N3. The van der Waals surface area contributed by atoms with E-state index in [1.165, 1.54) is 0 Å². The Bertz CT molecular complexity index is 447. The van der Waals surface area contributed by atoms with E-state index in [2.05, 4.69) is 29.1 Å². The molecule has 1 aromatic rings. The summed E-state index contributed by atoms with van der Waals surface area (Å²) in [6.07, 6.45) is -5.35. The van der Waals surface area contributed by atoms with Crippen LogP contribution >= 0.6 is 0 Å². The van der Waals surface area contributed by atoms with Crippen molar-refractivity contribution in [1.29, 1.82) is 0 Å². The normalized spacial score (nSPS) is 13.8. The summed E-state index contributed by atoms with van der Waals surface area (Å²) < 4.78 is 37.2. The summed E-state index contributed by atoms with van der Waals surface area (Å²) in [7, 11) is 0. The molecule has 1 rings (SSSR count). The molecule has 120 valence electrons. The molecule has 1 heterocycles. The Morgan fingerprint density at radius 1 is 1.00 bits per heavy atom. The van der Waals surface area contributed by atoms with Gasteiger partial charge in [-0.05, 0) is 37.8 Å². The number of aromatic nitrogens is 2. The molecule has 0 aliphatic carbocycles. The highest BCUT2D eigenvalue weighted by atomic mass is 19.4. The van der Waals surface area contributed by atoms with Crippen LogP contribution in [0.1, 0.15) is 49.5 Å². The van der Waals surface area contributed by atoms with Crippen molar-refractivity contribution in [3.8, 4) is 0 Å². The number of hydrogen-bond acceptors (Lipinski definition) is 3. The Labute approximate surface area is 124 Å². The topological polar surface area (TPSA) is 37.8 Å². The van der Waals surface area contributed by atoms with Gasteiger partial charge in [0, 0.05) is 17.9 Å². The summed E-state index contributed by atoms with van der Waals surface area (Å²) in [6, 6.07) is 0. The second kappa shape index (κ2) is 7.20. The minimum absolute atomic E-state index is 0.149. The molecule has 0 aliphatic rings. The molecule has 0 saturated heterocycles. The van der Waals surface area contributed by atoms with Gasteiger partial charge in [-0.15, -0.1) is 0 Å². The van der Waals surface area contributed by atoms with Gasteiger partial charge in [-0.1, -0.05) is 20.8 Å². The molecule has 0 amide bonds. The summed E-state index contributed by atoms with van der Waals surface area (Å²) >= 11 is 0. The first-order valence-electron chi connectivity index (χ1n) is 7.21. The smallest absolute Gasteiger partial charge is 0.316 e. The standard InChI is InChI=1S/C15H24F3N3/c1-9(2)7-19-8-10(3)14-11(4)20-13(21-12(14)5)6-15(16,17)18/h9-10,19H,6-8H2,1-5H3. The van der Waals surface area contributed by atoms with Crippen LogP contribution in [0, 0.1) is 19.8 Å². The Balaban J connectivity index is 2.84. The summed E-state index contributed by atoms with van der Waals surface area (Å²) in [5, 5.41) is 3.35. The number of nitrogens with zero attached hydrogens (tertiary/aromatic N) is 2. The van der Waals surface area contributed by atoms with Crippen molar-refractivity contribution < 1.29 is 13.2 Å². The van der Waals surface area contributed by atoms with Gasteiger partial charge in [0.05, 0.1) is 0 Å². The minimum atomic E-state index is -4.27. The van der Waals surface area contributed by atoms with Crippen molar-refractivity contribution >= 4 is 0 Å². The van der Waals surface area contributed by atoms with Crippen LogP contribution in [0.25, 0.3) is 0 Å². The molecule has 0 aliphatic heterocycles. The molecule has 6 heteroatoms. The third kappa shape index (κ3) is 5.99. The monoisotopic (exact) mass is 303 g/mol. The van der Waals surface area contributed by atoms with Gasteiger partial charge in [-0.25, -0.2) is 9.97 Å². The molecule has 1 atom stereocenters. The molecule has 1 unspecified atom stereocenters. The van der Waals surface area contributed by atoms with Crippen molar-refractivity contribution in [1.82, 2.24) is 15.3 Å². The van der Waals surface area contributed by atoms with Crippen LogP contribution in [0.4, 0.5) is 13.2 Å². The van der Waals surface area contributed by atoms with E-state index in [1.807, 2.05) is 6.92 Å². The molecule has 1 aromatic heterocycles. The van der Waals surface area contributed by atoms with Crippen LogP contribution in [-0.2, 0) is 6.42 Å². The first-order chi connectivity index (χ1) is 9.60. The number of halogens is 3. The lowest BCUT2D eigenvalue weighted by Gasteiger charge is -2.19. The van der Waals surface area contributed by atoms with E-state index in [-0.39, 0.29) is 11.7 Å². The third-order valence-corrected chi connectivity index (χ3v) is 3.23. The summed E-state index contributed by atoms with van der Waals surface area (Å²) in [6.45, 7) is 11.5. The van der Waals surface area contributed by atoms with Crippen molar-refractivity contribution in [3.63, 3.8) is 0 Å². The highest BCUT2D eigenvalue weighted by Gasteiger charge is 2.30. The molecule has 1 N–H and O–H groups in total. The van der Waals surface area contributed by atoms with Crippen LogP contribution in [0.15, 0.2) is 0 Å². The summed E-state index contributed by atoms with van der Waals surface area (Å²) in [4.78, 5) is 8.05. The molecule has 0 aromatic carbocycles. The molecule has 3 nitrogen and oxygen atoms in total. The summed E-state index contributed by atoms with van der Waals surface area (Å²) in [5.74, 6) is 0.581. The number of nitrogens with one attached hydrogen (secondary N) is 1. The maximum atomic E-state index is 12.4. The zero-order valence-corrected chi connectivity index (χ0v) is 13.3. The average Bonchev–Trinajstić information content (AvgIpc) is 2.24. The van der Waals surface area contributed by atoms with Gasteiger partial charge in [0.15, 0.2) is 0 Å². The van der Waals surface area contributed by atoms with Gasteiger partial charge in [0.2, 0.25) is 0 Å². The Morgan fingerprint density at radius 3 is 1.95 bits per heavy atom. The zero-order chi connectivity index (χ0) is 16.2. The van der Waals surface area contributed by atoms with Crippen LogP contribution in [0.2, 0.25) is 0 Å². The van der Waals surface area contributed by atoms with Crippen molar-refractivity contribution in [3.05, 3.63) is 22.8 Å². The summed E-state index contributed by atoms with van der Waals surface area (Å²) in [5.41, 5.74) is 2.22. The van der Waals surface area contributed by atoms with Gasteiger partial charge >= 0.3 is 6.18 Å². The van der Waals surface area contributed by atoms with E-state index in [9.17, 15) is 13.2 Å². The predicted molar refractivity (Wildman–Crippen MR) is 77.4 cm³/mol. The van der Waals surface area contributed by atoms with E-state index in [0.29, 0.717) is 17.3 Å². The van der Waals surface area contributed by atoms with Crippen molar-refractivity contribution in [2.75, 3.05) is 13.1 Å². The van der Waals surface area contributed by atoms with Crippen LogP contribution < -0.4 is 5.32 Å².